The summed E-state index contributed by atoms with van der Waals surface area (Å²) >= 11 is 1.02. The Hall–Kier alpha value is -0.710. The van der Waals surface area contributed by atoms with Gasteiger partial charge >= 0.3 is 5.97 Å². The van der Waals surface area contributed by atoms with Crippen molar-refractivity contribution in [3.05, 3.63) is 0 Å². The van der Waals surface area contributed by atoms with Gasteiger partial charge in [-0.15, -0.1) is 0 Å². The van der Waals surface area contributed by atoms with Crippen LogP contribution in [0.25, 0.3) is 0 Å². The van der Waals surface area contributed by atoms with Crippen LogP contribution in [0.5, 0.6) is 0 Å². The van der Waals surface area contributed by atoms with Gasteiger partial charge in [0.05, 0.1) is 7.11 Å². The lowest BCUT2D eigenvalue weighted by Gasteiger charge is -2.09. The Morgan fingerprint density at radius 3 is 2.45 bits per heavy atom. The maximum absolute atomic E-state index is 10.7. The second-order valence-corrected chi connectivity index (χ2v) is 2.66. The maximum atomic E-state index is 10.7. The van der Waals surface area contributed by atoms with E-state index in [2.05, 4.69) is 10.1 Å². The molecule has 0 bridgehead atoms. The molecule has 0 saturated heterocycles. The normalized spacial score (nSPS) is 11.9. The van der Waals surface area contributed by atoms with Gasteiger partial charge in [-0.1, -0.05) is 11.8 Å². The first-order valence-corrected chi connectivity index (χ1v) is 4.26. The molecule has 0 aliphatic heterocycles. The molecule has 1 amide bonds. The average molecular weight is 177 g/mol. The third-order valence-electron chi connectivity index (χ3n) is 1.07. The monoisotopic (exact) mass is 177 g/mol. The van der Waals surface area contributed by atoms with Crippen LogP contribution < -0.4 is 5.32 Å². The number of rotatable bonds is 2. The highest BCUT2D eigenvalue weighted by Crippen LogP contribution is 1.95. The number of carbonyl (C=O) groups excluding carboxylic acids is 2. The van der Waals surface area contributed by atoms with Gasteiger partial charge in [0, 0.05) is 0 Å². The van der Waals surface area contributed by atoms with Crippen molar-refractivity contribution in [3.63, 3.8) is 0 Å². The fourth-order valence-electron chi connectivity index (χ4n) is 0.471. The van der Waals surface area contributed by atoms with E-state index in [0.717, 1.165) is 11.8 Å². The van der Waals surface area contributed by atoms with Gasteiger partial charge in [-0.05, 0) is 13.2 Å². The predicted molar refractivity (Wildman–Crippen MR) is 43.5 cm³/mol. The van der Waals surface area contributed by atoms with Crippen LogP contribution in [0.1, 0.15) is 6.92 Å². The molecule has 1 unspecified atom stereocenters. The Morgan fingerprint density at radius 1 is 1.55 bits per heavy atom. The Bertz CT molecular complexity index is 160. The maximum Gasteiger partial charge on any atom is 0.328 e. The molecule has 0 heterocycles. The molecule has 0 fully saturated rings. The summed E-state index contributed by atoms with van der Waals surface area (Å²) in [5, 5.41) is 2.20. The molecular formula is C6H11NO3S. The van der Waals surface area contributed by atoms with E-state index in [-0.39, 0.29) is 5.24 Å². The third kappa shape index (κ3) is 3.87. The smallest absolute Gasteiger partial charge is 0.328 e. The van der Waals surface area contributed by atoms with Gasteiger partial charge in [0.1, 0.15) is 6.04 Å². The Balaban J connectivity index is 3.77. The first-order valence-electron chi connectivity index (χ1n) is 3.04. The van der Waals surface area contributed by atoms with Crippen molar-refractivity contribution in [3.8, 4) is 0 Å². The number of ether oxygens (including phenoxy) is 1. The highest BCUT2D eigenvalue weighted by molar-refractivity contribution is 8.12. The fourth-order valence-corrected chi connectivity index (χ4v) is 0.766. The van der Waals surface area contributed by atoms with Crippen LogP contribution in [0.15, 0.2) is 0 Å². The minimum Gasteiger partial charge on any atom is -0.467 e. The van der Waals surface area contributed by atoms with Crippen LogP contribution >= 0.6 is 11.8 Å². The molecule has 0 aliphatic rings. The summed E-state index contributed by atoms with van der Waals surface area (Å²) in [4.78, 5) is 21.4. The van der Waals surface area contributed by atoms with E-state index in [1.165, 1.54) is 7.11 Å². The average Bonchev–Trinajstić information content (AvgIpc) is 2.02. The number of hydrogen-bond acceptors (Lipinski definition) is 4. The van der Waals surface area contributed by atoms with Crippen molar-refractivity contribution in [2.75, 3.05) is 13.4 Å². The molecule has 4 nitrogen and oxygen atoms in total. The lowest BCUT2D eigenvalue weighted by Crippen LogP contribution is -2.36. The largest absolute Gasteiger partial charge is 0.467 e. The summed E-state index contributed by atoms with van der Waals surface area (Å²) in [6.45, 7) is 1.57. The predicted octanol–water partition coefficient (Wildman–Crippen LogP) is 0.620. The summed E-state index contributed by atoms with van der Waals surface area (Å²) in [6.07, 6.45) is 1.64. The quantitative estimate of drug-likeness (QED) is 0.628. The van der Waals surface area contributed by atoms with Gasteiger partial charge in [-0.25, -0.2) is 4.79 Å². The van der Waals surface area contributed by atoms with Crippen molar-refractivity contribution in [2.24, 2.45) is 0 Å². The molecule has 0 aliphatic carbocycles. The second-order valence-electron chi connectivity index (χ2n) is 1.88. The van der Waals surface area contributed by atoms with E-state index in [0.29, 0.717) is 0 Å². The van der Waals surface area contributed by atoms with Gasteiger partial charge in [0.2, 0.25) is 0 Å². The molecule has 0 aromatic carbocycles. The molecular weight excluding hydrogens is 166 g/mol. The minimum absolute atomic E-state index is 0.233. The van der Waals surface area contributed by atoms with Gasteiger partial charge in [-0.3, -0.25) is 4.79 Å². The lowest BCUT2D eigenvalue weighted by molar-refractivity contribution is -0.142. The summed E-state index contributed by atoms with van der Waals surface area (Å²) in [5.74, 6) is -0.438. The molecule has 0 radical (unpaired) electrons. The molecule has 0 rings (SSSR count). The van der Waals surface area contributed by atoms with Crippen LogP contribution in [0.2, 0.25) is 0 Å². The van der Waals surface area contributed by atoms with Crippen LogP contribution in [-0.4, -0.2) is 30.6 Å². The van der Waals surface area contributed by atoms with Crippen LogP contribution in [0.4, 0.5) is 4.79 Å². The van der Waals surface area contributed by atoms with Crippen molar-refractivity contribution >= 4 is 23.0 Å². The number of esters is 1. The molecule has 1 N–H and O–H groups in total. The first-order chi connectivity index (χ1) is 5.11. The molecule has 64 valence electrons. The zero-order valence-corrected chi connectivity index (χ0v) is 7.53. The number of nitrogens with one attached hydrogen (secondary N) is 1. The zero-order valence-electron chi connectivity index (χ0n) is 6.71. The highest BCUT2D eigenvalue weighted by atomic mass is 32.2. The summed E-state index contributed by atoms with van der Waals surface area (Å²) in [7, 11) is 1.28. The van der Waals surface area contributed by atoms with Gasteiger partial charge in [0.15, 0.2) is 0 Å². The van der Waals surface area contributed by atoms with Crippen molar-refractivity contribution in [1.29, 1.82) is 0 Å². The molecule has 0 spiro atoms. The Labute approximate surface area is 69.7 Å². The minimum atomic E-state index is -0.569. The third-order valence-corrected chi connectivity index (χ3v) is 1.56. The second kappa shape index (κ2) is 5.01. The van der Waals surface area contributed by atoms with Crippen molar-refractivity contribution < 1.29 is 14.3 Å². The number of carbonyl (C=O) groups is 2. The number of thioether (sulfide) groups is 1. The van der Waals surface area contributed by atoms with E-state index < -0.39 is 12.0 Å². The van der Waals surface area contributed by atoms with Crippen LogP contribution in [0.3, 0.4) is 0 Å². The number of amides is 1. The summed E-state index contributed by atoms with van der Waals surface area (Å²) in [6, 6.07) is -0.569. The highest BCUT2D eigenvalue weighted by Gasteiger charge is 2.14. The van der Waals surface area contributed by atoms with Gasteiger partial charge in [0.25, 0.3) is 5.24 Å². The van der Waals surface area contributed by atoms with E-state index in [4.69, 9.17) is 0 Å². The van der Waals surface area contributed by atoms with E-state index >= 15 is 0 Å². The summed E-state index contributed by atoms with van der Waals surface area (Å²) < 4.78 is 4.39. The molecule has 0 saturated carbocycles. The van der Waals surface area contributed by atoms with Gasteiger partial charge < -0.3 is 10.1 Å². The van der Waals surface area contributed by atoms with Crippen LogP contribution in [0, 0.1) is 0 Å². The van der Waals surface area contributed by atoms with Crippen molar-refractivity contribution in [1.82, 2.24) is 5.32 Å². The number of hydrogen-bond donors (Lipinski definition) is 1. The van der Waals surface area contributed by atoms with E-state index in [9.17, 15) is 9.59 Å². The first kappa shape index (κ1) is 10.3. The van der Waals surface area contributed by atoms with Crippen molar-refractivity contribution in [2.45, 2.75) is 13.0 Å². The Morgan fingerprint density at radius 2 is 2.09 bits per heavy atom. The van der Waals surface area contributed by atoms with Crippen LogP contribution in [-0.2, 0) is 9.53 Å². The molecule has 11 heavy (non-hydrogen) atoms. The topological polar surface area (TPSA) is 55.4 Å². The SMILES string of the molecule is COC(=O)C(C)NC(=O)SC. The van der Waals surface area contributed by atoms with E-state index in [1.54, 1.807) is 13.2 Å². The van der Waals surface area contributed by atoms with E-state index in [1.807, 2.05) is 0 Å². The van der Waals surface area contributed by atoms with Gasteiger partial charge in [-0.2, -0.15) is 0 Å². The molecule has 1 atom stereocenters. The fraction of sp³-hybridized carbons (Fsp3) is 0.667. The lowest BCUT2D eigenvalue weighted by atomic mass is 10.4. The number of methoxy groups -OCH3 is 1. The molecule has 0 aromatic rings. The Kier molecular flexibility index (Phi) is 4.69. The standard InChI is InChI=1S/C6H11NO3S/c1-4(5(8)10-2)7-6(9)11-3/h4H,1-3H3,(H,7,9). The molecule has 0 aromatic heterocycles. The summed E-state index contributed by atoms with van der Waals surface area (Å²) in [5.41, 5.74) is 0. The zero-order chi connectivity index (χ0) is 8.85. The molecule has 5 heteroatoms.